The van der Waals surface area contributed by atoms with Crippen LogP contribution in [-0.2, 0) is 0 Å². The zero-order valence-corrected chi connectivity index (χ0v) is 35.5. The van der Waals surface area contributed by atoms with Crippen LogP contribution in [0.3, 0.4) is 0 Å². The molecule has 2 heterocycles. The van der Waals surface area contributed by atoms with Crippen LogP contribution in [-0.4, -0.2) is 9.13 Å². The molecule has 0 saturated heterocycles. The number of hydrogen-bond donors (Lipinski definition) is 0. The molecule has 0 radical (unpaired) electrons. The molecule has 0 aliphatic carbocycles. The van der Waals surface area contributed by atoms with E-state index in [-0.39, 0.29) is 0 Å². The lowest BCUT2D eigenvalue weighted by Crippen LogP contribution is -2.10. The first-order chi connectivity index (χ1) is 32.3. The van der Waals surface area contributed by atoms with E-state index in [4.69, 9.17) is 0 Å². The van der Waals surface area contributed by atoms with E-state index < -0.39 is 0 Å². The van der Waals surface area contributed by atoms with Crippen molar-refractivity contribution in [3.05, 3.63) is 249 Å². The number of anilines is 3. The van der Waals surface area contributed by atoms with Crippen molar-refractivity contribution >= 4 is 82.2 Å². The normalized spacial score (nSPS) is 11.7. The second-order valence-corrected chi connectivity index (χ2v) is 16.9. The molecule has 2 aromatic heterocycles. The number of nitrogens with zero attached hydrogens (tertiary/aromatic N) is 3. The highest BCUT2D eigenvalue weighted by atomic mass is 15.1. The van der Waals surface area contributed by atoms with Crippen molar-refractivity contribution in [3.8, 4) is 33.6 Å². The first-order valence-corrected chi connectivity index (χ1v) is 22.4. The first kappa shape index (κ1) is 36.9. The van der Waals surface area contributed by atoms with Gasteiger partial charge in [-0.1, -0.05) is 188 Å². The highest BCUT2D eigenvalue weighted by molar-refractivity contribution is 6.39. The Labute approximate surface area is 376 Å². The van der Waals surface area contributed by atoms with Gasteiger partial charge in [0.2, 0.25) is 0 Å². The molecular formula is C62H41N3. The monoisotopic (exact) mass is 827 g/mol. The summed E-state index contributed by atoms with van der Waals surface area (Å²) < 4.78 is 5.04. The Hall–Kier alpha value is -8.66. The van der Waals surface area contributed by atoms with Crippen LogP contribution in [0.5, 0.6) is 0 Å². The van der Waals surface area contributed by atoms with Gasteiger partial charge in [0.25, 0.3) is 0 Å². The van der Waals surface area contributed by atoms with Crippen LogP contribution < -0.4 is 4.90 Å². The van der Waals surface area contributed by atoms with E-state index in [1.165, 1.54) is 81.9 Å². The average Bonchev–Trinajstić information content (AvgIpc) is 3.92. The molecule has 0 fully saturated rings. The van der Waals surface area contributed by atoms with E-state index in [0.717, 1.165) is 34.0 Å². The minimum absolute atomic E-state index is 1.08. The van der Waals surface area contributed by atoms with Gasteiger partial charge in [0.1, 0.15) is 0 Å². The van der Waals surface area contributed by atoms with Gasteiger partial charge in [-0.15, -0.1) is 0 Å². The summed E-state index contributed by atoms with van der Waals surface area (Å²) in [4.78, 5) is 2.41. The number of para-hydroxylation sites is 2. The van der Waals surface area contributed by atoms with Crippen molar-refractivity contribution in [1.82, 2.24) is 9.13 Å². The summed E-state index contributed by atoms with van der Waals surface area (Å²) in [5.41, 5.74) is 15.1. The summed E-state index contributed by atoms with van der Waals surface area (Å²) in [5, 5.41) is 9.87. The number of fused-ring (bicyclic) bond motifs is 12. The van der Waals surface area contributed by atoms with Crippen LogP contribution in [0.15, 0.2) is 249 Å². The van der Waals surface area contributed by atoms with Gasteiger partial charge in [-0.25, -0.2) is 0 Å². The van der Waals surface area contributed by atoms with Crippen molar-refractivity contribution in [3.63, 3.8) is 0 Å². The Morgan fingerprint density at radius 3 is 1.42 bits per heavy atom. The predicted octanol–water partition coefficient (Wildman–Crippen LogP) is 17.0. The van der Waals surface area contributed by atoms with E-state index in [0.29, 0.717) is 0 Å². The lowest BCUT2D eigenvalue weighted by Gasteiger charge is -2.26. The quantitative estimate of drug-likeness (QED) is 0.156. The Morgan fingerprint density at radius 2 is 0.738 bits per heavy atom. The van der Waals surface area contributed by atoms with Crippen LogP contribution >= 0.6 is 0 Å². The molecule has 0 unspecified atom stereocenters. The molecule has 11 aromatic carbocycles. The molecular weight excluding hydrogens is 787 g/mol. The van der Waals surface area contributed by atoms with Gasteiger partial charge in [0, 0.05) is 66.1 Å². The number of benzene rings is 11. The molecule has 0 N–H and O–H groups in total. The van der Waals surface area contributed by atoms with Crippen molar-refractivity contribution in [1.29, 1.82) is 0 Å². The van der Waals surface area contributed by atoms with Crippen molar-refractivity contribution in [2.75, 3.05) is 4.90 Å². The Kier molecular flexibility index (Phi) is 8.53. The molecule has 3 heteroatoms. The molecule has 0 bridgehead atoms. The molecule has 0 aliphatic heterocycles. The molecule has 13 rings (SSSR count). The third-order valence-corrected chi connectivity index (χ3v) is 13.2. The van der Waals surface area contributed by atoms with Crippen molar-refractivity contribution in [2.45, 2.75) is 0 Å². The smallest absolute Gasteiger partial charge is 0.0627 e. The van der Waals surface area contributed by atoms with Gasteiger partial charge in [0.15, 0.2) is 0 Å². The topological polar surface area (TPSA) is 13.1 Å². The van der Waals surface area contributed by atoms with Crippen molar-refractivity contribution < 1.29 is 0 Å². The summed E-state index contributed by atoms with van der Waals surface area (Å²) in [6.45, 7) is 0. The fourth-order valence-electron chi connectivity index (χ4n) is 10.4. The zero-order chi connectivity index (χ0) is 42.8. The summed E-state index contributed by atoms with van der Waals surface area (Å²) in [5.74, 6) is 0. The minimum Gasteiger partial charge on any atom is -0.310 e. The largest absolute Gasteiger partial charge is 0.310 e. The van der Waals surface area contributed by atoms with Crippen LogP contribution in [0.2, 0.25) is 0 Å². The van der Waals surface area contributed by atoms with Gasteiger partial charge in [-0.3, -0.25) is 0 Å². The maximum absolute atomic E-state index is 2.52. The molecule has 65 heavy (non-hydrogen) atoms. The van der Waals surface area contributed by atoms with Crippen molar-refractivity contribution in [2.24, 2.45) is 0 Å². The van der Waals surface area contributed by atoms with E-state index in [9.17, 15) is 0 Å². The maximum Gasteiger partial charge on any atom is 0.0627 e. The standard InChI is InChI=1S/C62H41N3/c1-5-18-42(19-6-1)44-32-35-49(36-33-44)63(50-28-17-23-46(40-50)43-20-7-2-8-21-43)51-37-39-55-57(41-51)64(47-24-9-3-10-25-47)61-53-30-15-16-31-54(53)62-59(58(55)61)56-38-34-45-22-13-14-29-52(45)60(56)65(62)48-26-11-4-12-27-48/h1-41H. The van der Waals surface area contributed by atoms with E-state index in [1.54, 1.807) is 0 Å². The Balaban J connectivity index is 1.15. The Bertz CT molecular complexity index is 3910. The number of rotatable bonds is 7. The molecule has 304 valence electrons. The zero-order valence-electron chi connectivity index (χ0n) is 35.5. The third kappa shape index (κ3) is 5.90. The molecule has 0 saturated carbocycles. The SMILES string of the molecule is c1ccc(-c2ccc(N(c3cccc(-c4ccccc4)c3)c3ccc4c5c6c7ccc8ccccc8c7n(-c7ccccc7)c6c6ccccc6c5n(-c5ccccc5)c4c3)cc2)cc1. The van der Waals surface area contributed by atoms with Gasteiger partial charge in [0.05, 0.1) is 22.1 Å². The van der Waals surface area contributed by atoms with E-state index >= 15 is 0 Å². The van der Waals surface area contributed by atoms with Crippen LogP contribution in [0.1, 0.15) is 0 Å². The second-order valence-electron chi connectivity index (χ2n) is 16.9. The maximum atomic E-state index is 2.52. The molecule has 0 amide bonds. The van der Waals surface area contributed by atoms with Crippen LogP contribution in [0, 0.1) is 0 Å². The summed E-state index contributed by atoms with van der Waals surface area (Å²) in [7, 11) is 0. The minimum atomic E-state index is 1.08. The average molecular weight is 828 g/mol. The second kappa shape index (κ2) is 15.0. The van der Waals surface area contributed by atoms with Gasteiger partial charge < -0.3 is 14.0 Å². The molecule has 3 nitrogen and oxygen atoms in total. The van der Waals surface area contributed by atoms with E-state index in [1.807, 2.05) is 0 Å². The molecule has 0 aliphatic rings. The van der Waals surface area contributed by atoms with Gasteiger partial charge in [-0.05, 0) is 88.3 Å². The predicted molar refractivity (Wildman–Crippen MR) is 276 cm³/mol. The number of aromatic nitrogens is 2. The third-order valence-electron chi connectivity index (χ3n) is 13.2. The first-order valence-electron chi connectivity index (χ1n) is 22.4. The van der Waals surface area contributed by atoms with Gasteiger partial charge >= 0.3 is 0 Å². The van der Waals surface area contributed by atoms with Crippen LogP contribution in [0.4, 0.5) is 17.1 Å². The summed E-state index contributed by atoms with van der Waals surface area (Å²) >= 11 is 0. The fraction of sp³-hybridized carbons (Fsp3) is 0. The molecule has 0 spiro atoms. The molecule has 13 aromatic rings. The lowest BCUT2D eigenvalue weighted by atomic mass is 9.98. The number of hydrogen-bond acceptors (Lipinski definition) is 1. The lowest BCUT2D eigenvalue weighted by molar-refractivity contribution is 1.18. The van der Waals surface area contributed by atoms with E-state index in [2.05, 4.69) is 263 Å². The van der Waals surface area contributed by atoms with Crippen LogP contribution in [0.25, 0.3) is 98.8 Å². The van der Waals surface area contributed by atoms with Gasteiger partial charge in [-0.2, -0.15) is 0 Å². The summed E-state index contributed by atoms with van der Waals surface area (Å²) in [6.07, 6.45) is 0. The highest BCUT2D eigenvalue weighted by Gasteiger charge is 2.26. The highest BCUT2D eigenvalue weighted by Crippen LogP contribution is 2.49. The summed E-state index contributed by atoms with van der Waals surface area (Å²) in [6, 6.07) is 90.6. The fourth-order valence-corrected chi connectivity index (χ4v) is 10.4. The molecule has 0 atom stereocenters. The Morgan fingerprint density at radius 1 is 0.262 bits per heavy atom.